The topological polar surface area (TPSA) is 86.3 Å². The lowest BCUT2D eigenvalue weighted by atomic mass is 10.1. The Bertz CT molecular complexity index is 744. The van der Waals surface area contributed by atoms with Crippen LogP contribution in [0.1, 0.15) is 26.3 Å². The summed E-state index contributed by atoms with van der Waals surface area (Å²) in [6.45, 7) is 8.83. The highest BCUT2D eigenvalue weighted by molar-refractivity contribution is 5.87. The third kappa shape index (κ3) is 6.10. The first kappa shape index (κ1) is 21.0. The molecule has 2 aliphatic rings. The predicted octanol–water partition coefficient (Wildman–Crippen LogP) is 1.23. The molecule has 2 N–H and O–H groups in total. The second-order valence-electron chi connectivity index (χ2n) is 8.38. The van der Waals surface area contributed by atoms with Gasteiger partial charge in [0.15, 0.2) is 5.96 Å². The second kappa shape index (κ2) is 9.15. The Morgan fingerprint density at radius 2 is 1.97 bits per heavy atom. The highest BCUT2D eigenvalue weighted by Gasteiger charge is 2.36. The molecule has 1 unspecified atom stereocenters. The van der Waals surface area contributed by atoms with Crippen molar-refractivity contribution in [2.75, 3.05) is 39.3 Å². The molecular weight excluding hydrogens is 370 g/mol. The minimum absolute atomic E-state index is 0.0560. The van der Waals surface area contributed by atoms with Crippen LogP contribution < -0.4 is 10.6 Å². The van der Waals surface area contributed by atoms with E-state index in [1.807, 2.05) is 39.0 Å². The summed E-state index contributed by atoms with van der Waals surface area (Å²) in [4.78, 5) is 32.8. The molecule has 2 aliphatic heterocycles. The van der Waals surface area contributed by atoms with Gasteiger partial charge in [-0.25, -0.2) is 4.79 Å². The van der Waals surface area contributed by atoms with Crippen molar-refractivity contribution in [3.63, 3.8) is 0 Å². The number of carbonyl (C=O) groups excluding carboxylic acids is 2. The molecule has 158 valence electrons. The van der Waals surface area contributed by atoms with Crippen molar-refractivity contribution in [1.82, 2.24) is 20.4 Å². The van der Waals surface area contributed by atoms with E-state index in [2.05, 4.69) is 32.7 Å². The minimum Gasteiger partial charge on any atom is -0.444 e. The third-order valence-electron chi connectivity index (χ3n) is 4.84. The first-order chi connectivity index (χ1) is 13.8. The Morgan fingerprint density at radius 1 is 1.21 bits per heavy atom. The highest BCUT2D eigenvalue weighted by Crippen LogP contribution is 2.18. The summed E-state index contributed by atoms with van der Waals surface area (Å²) in [5, 5.41) is 6.07. The van der Waals surface area contributed by atoms with E-state index in [1.165, 1.54) is 5.56 Å². The predicted molar refractivity (Wildman–Crippen MR) is 112 cm³/mol. The highest BCUT2D eigenvalue weighted by atomic mass is 16.6. The first-order valence-corrected chi connectivity index (χ1v) is 10.2. The molecule has 0 radical (unpaired) electrons. The van der Waals surface area contributed by atoms with E-state index >= 15 is 0 Å². The number of piperazine rings is 1. The molecule has 2 amide bonds. The van der Waals surface area contributed by atoms with E-state index in [9.17, 15) is 9.59 Å². The quantitative estimate of drug-likeness (QED) is 0.775. The Hall–Kier alpha value is -2.77. The molecule has 8 nitrogen and oxygen atoms in total. The summed E-state index contributed by atoms with van der Waals surface area (Å²) < 4.78 is 5.46. The lowest BCUT2D eigenvalue weighted by Crippen LogP contribution is -2.58. The van der Waals surface area contributed by atoms with Crippen LogP contribution in [0, 0.1) is 0 Å². The molecule has 0 aliphatic carbocycles. The number of hydrogen-bond donors (Lipinski definition) is 2. The number of fused-ring (bicyclic) bond motifs is 1. The van der Waals surface area contributed by atoms with Gasteiger partial charge in [-0.05, 0) is 32.8 Å². The number of nitrogens with zero attached hydrogens (tertiary/aromatic N) is 3. The maximum absolute atomic E-state index is 12.3. The van der Waals surface area contributed by atoms with Crippen LogP contribution in [0.4, 0.5) is 4.79 Å². The van der Waals surface area contributed by atoms with Crippen LogP contribution in [0.15, 0.2) is 35.3 Å². The summed E-state index contributed by atoms with van der Waals surface area (Å²) in [6.07, 6.45) is 0.527. The number of guanidine groups is 1. The Labute approximate surface area is 172 Å². The molecule has 1 saturated heterocycles. The zero-order valence-electron chi connectivity index (χ0n) is 17.5. The number of nitrogens with one attached hydrogen (secondary N) is 2. The summed E-state index contributed by atoms with van der Waals surface area (Å²) in [7, 11) is 0. The zero-order valence-corrected chi connectivity index (χ0v) is 17.5. The van der Waals surface area contributed by atoms with Crippen molar-refractivity contribution >= 4 is 18.0 Å². The van der Waals surface area contributed by atoms with Gasteiger partial charge in [0.05, 0.1) is 19.1 Å². The Kier molecular flexibility index (Phi) is 6.61. The van der Waals surface area contributed by atoms with E-state index in [1.54, 1.807) is 4.90 Å². The van der Waals surface area contributed by atoms with Crippen LogP contribution in [0.2, 0.25) is 0 Å². The summed E-state index contributed by atoms with van der Waals surface area (Å²) in [5.41, 5.74) is 0.702. The molecule has 3 rings (SSSR count). The van der Waals surface area contributed by atoms with E-state index in [0.717, 1.165) is 12.4 Å². The first-order valence-electron chi connectivity index (χ1n) is 10.2. The maximum Gasteiger partial charge on any atom is 0.410 e. The average Bonchev–Trinajstić information content (AvgIpc) is 3.08. The van der Waals surface area contributed by atoms with Crippen LogP contribution >= 0.6 is 0 Å². The number of hydrogen-bond acceptors (Lipinski definition) is 6. The molecule has 0 saturated carbocycles. The van der Waals surface area contributed by atoms with Crippen molar-refractivity contribution in [2.45, 2.75) is 38.8 Å². The number of benzene rings is 1. The van der Waals surface area contributed by atoms with Crippen LogP contribution in [-0.4, -0.2) is 78.7 Å². The van der Waals surface area contributed by atoms with E-state index in [0.29, 0.717) is 32.7 Å². The number of amides is 2. The van der Waals surface area contributed by atoms with E-state index in [4.69, 9.17) is 4.74 Å². The monoisotopic (exact) mass is 401 g/mol. The van der Waals surface area contributed by atoms with Crippen molar-refractivity contribution in [3.05, 3.63) is 35.9 Å². The van der Waals surface area contributed by atoms with Crippen molar-refractivity contribution in [1.29, 1.82) is 0 Å². The largest absolute Gasteiger partial charge is 0.444 e. The van der Waals surface area contributed by atoms with Gasteiger partial charge >= 0.3 is 6.09 Å². The van der Waals surface area contributed by atoms with Crippen molar-refractivity contribution in [2.24, 2.45) is 4.99 Å². The standard InChI is InChI=1S/C21H31N5O3/c1-21(2,3)29-20(28)25-11-12-26-17(15-25)13-23-19(26)24-14-18(27)22-10-9-16-7-5-4-6-8-16/h4-8,17H,9-15H2,1-3H3,(H,22,27)(H,23,24). The van der Waals surface area contributed by atoms with E-state index < -0.39 is 5.60 Å². The molecule has 8 heteroatoms. The molecule has 0 spiro atoms. The zero-order chi connectivity index (χ0) is 20.9. The van der Waals surface area contributed by atoms with Crippen LogP contribution in [0.3, 0.4) is 0 Å². The van der Waals surface area contributed by atoms with Crippen LogP contribution in [-0.2, 0) is 16.0 Å². The lowest BCUT2D eigenvalue weighted by Gasteiger charge is -2.39. The van der Waals surface area contributed by atoms with Gasteiger partial charge in [-0.3, -0.25) is 9.79 Å². The van der Waals surface area contributed by atoms with Gasteiger partial charge in [0.2, 0.25) is 5.91 Å². The van der Waals surface area contributed by atoms with Gasteiger partial charge in [-0.2, -0.15) is 0 Å². The summed E-state index contributed by atoms with van der Waals surface area (Å²) in [6, 6.07) is 10.2. The van der Waals surface area contributed by atoms with Gasteiger partial charge in [-0.15, -0.1) is 0 Å². The summed E-state index contributed by atoms with van der Waals surface area (Å²) >= 11 is 0. The number of rotatable bonds is 5. The Morgan fingerprint density at radius 3 is 2.69 bits per heavy atom. The number of carbonyl (C=O) groups is 2. The summed E-state index contributed by atoms with van der Waals surface area (Å²) in [5.74, 6) is 0.677. The molecule has 1 aromatic rings. The fourth-order valence-electron chi connectivity index (χ4n) is 3.44. The smallest absolute Gasteiger partial charge is 0.410 e. The SMILES string of the molecule is CC(C)(C)OC(=O)N1CCN2C(NCC(=O)NCCc3ccccc3)=NCC2C1. The van der Waals surface area contributed by atoms with Gasteiger partial charge in [0.1, 0.15) is 5.60 Å². The molecular formula is C21H31N5O3. The maximum atomic E-state index is 12.3. The van der Waals surface area contributed by atoms with Gasteiger partial charge in [0.25, 0.3) is 0 Å². The number of ether oxygens (including phenoxy) is 1. The normalized spacial score (nSPS) is 18.7. The second-order valence-corrected chi connectivity index (χ2v) is 8.38. The molecule has 0 aromatic heterocycles. The van der Waals surface area contributed by atoms with Crippen molar-refractivity contribution < 1.29 is 14.3 Å². The molecule has 1 aromatic carbocycles. The van der Waals surface area contributed by atoms with E-state index in [-0.39, 0.29) is 24.6 Å². The fourth-order valence-corrected chi connectivity index (χ4v) is 3.44. The molecule has 0 bridgehead atoms. The van der Waals surface area contributed by atoms with Crippen LogP contribution in [0.25, 0.3) is 0 Å². The fraction of sp³-hybridized carbons (Fsp3) is 0.571. The lowest BCUT2D eigenvalue weighted by molar-refractivity contribution is -0.120. The number of aliphatic imine (C=N–C) groups is 1. The molecule has 2 heterocycles. The third-order valence-corrected chi connectivity index (χ3v) is 4.84. The molecule has 1 fully saturated rings. The van der Waals surface area contributed by atoms with Gasteiger partial charge in [-0.1, -0.05) is 30.3 Å². The molecule has 29 heavy (non-hydrogen) atoms. The van der Waals surface area contributed by atoms with Crippen molar-refractivity contribution in [3.8, 4) is 0 Å². The van der Waals surface area contributed by atoms with Gasteiger partial charge < -0.3 is 25.2 Å². The Balaban J connectivity index is 1.38. The minimum atomic E-state index is -0.499. The van der Waals surface area contributed by atoms with Crippen LogP contribution in [0.5, 0.6) is 0 Å². The van der Waals surface area contributed by atoms with Gasteiger partial charge in [0, 0.05) is 26.2 Å². The molecule has 1 atom stereocenters. The average molecular weight is 402 g/mol.